The van der Waals surface area contributed by atoms with Gasteiger partial charge in [-0.3, -0.25) is 4.79 Å². The summed E-state index contributed by atoms with van der Waals surface area (Å²) in [6, 6.07) is 1.27. The highest BCUT2D eigenvalue weighted by Crippen LogP contribution is 2.69. The van der Waals surface area contributed by atoms with E-state index in [1.165, 1.54) is 19.9 Å². The van der Waals surface area contributed by atoms with Gasteiger partial charge in [0.1, 0.15) is 15.9 Å². The Morgan fingerprint density at radius 1 is 0.882 bits per heavy atom. The molecule has 0 saturated heterocycles. The van der Waals surface area contributed by atoms with Crippen molar-refractivity contribution in [2.24, 2.45) is 0 Å². The summed E-state index contributed by atoms with van der Waals surface area (Å²) in [6.07, 6.45) is -0.766. The molecule has 2 rings (SSSR count). The highest BCUT2D eigenvalue weighted by molar-refractivity contribution is 7.18. The van der Waals surface area contributed by atoms with Gasteiger partial charge in [0.15, 0.2) is 0 Å². The van der Waals surface area contributed by atoms with Gasteiger partial charge in [0.05, 0.1) is 11.7 Å². The molecule has 1 amide bonds. The van der Waals surface area contributed by atoms with Gasteiger partial charge in [0, 0.05) is 0 Å². The molecule has 190 valence electrons. The molecule has 1 saturated carbocycles. The van der Waals surface area contributed by atoms with Crippen molar-refractivity contribution in [3.63, 3.8) is 0 Å². The van der Waals surface area contributed by atoms with Crippen molar-refractivity contribution < 1.29 is 62.6 Å². The van der Waals surface area contributed by atoms with Gasteiger partial charge in [0.2, 0.25) is 0 Å². The molecule has 1 heterocycles. The Hall–Kier alpha value is -2.64. The quantitative estimate of drug-likeness (QED) is 0.420. The number of alkyl halides is 11. The third kappa shape index (κ3) is 3.09. The van der Waals surface area contributed by atoms with Crippen molar-refractivity contribution in [1.29, 1.82) is 5.26 Å². The van der Waals surface area contributed by atoms with E-state index in [-0.39, 0.29) is 16.9 Å². The molecule has 1 aromatic rings. The summed E-state index contributed by atoms with van der Waals surface area (Å²) >= 11 is -0.0569. The summed E-state index contributed by atoms with van der Waals surface area (Å²) in [5, 5.41) is 8.81. The van der Waals surface area contributed by atoms with Gasteiger partial charge in [-0.05, 0) is 26.3 Å². The van der Waals surface area contributed by atoms with E-state index in [0.717, 1.165) is 12.2 Å². The van der Waals surface area contributed by atoms with E-state index in [1.807, 2.05) is 0 Å². The lowest BCUT2D eigenvalue weighted by Crippen LogP contribution is -2.86. The molecule has 0 spiro atoms. The molecule has 0 bridgehead atoms. The van der Waals surface area contributed by atoms with Gasteiger partial charge in [0.25, 0.3) is 5.91 Å². The Balaban J connectivity index is 2.68. The molecule has 1 aliphatic rings. The van der Waals surface area contributed by atoms with Crippen LogP contribution in [0, 0.1) is 18.3 Å². The standard InChI is InChI=1S/C17H11F11N2O3S/c1-5(2)33-10(31)8-6(3)7(4-29)9(34-8)30-11(32)12(18)13(19,20)15(23,24)17(27,28)16(25,26)14(12,21)22/h5H,1-3H3,(H,30,32). The number of nitriles is 1. The second kappa shape index (κ2) is 7.68. The Morgan fingerprint density at radius 2 is 1.29 bits per heavy atom. The molecule has 1 aromatic heterocycles. The molecule has 0 aliphatic heterocycles. The first-order valence-corrected chi connectivity index (χ1v) is 9.53. The number of carbonyl (C=O) groups is 2. The first-order valence-electron chi connectivity index (χ1n) is 8.71. The average molecular weight is 532 g/mol. The normalized spacial score (nSPS) is 23.1. The highest BCUT2D eigenvalue weighted by Gasteiger charge is 3.02. The number of nitrogens with zero attached hydrogens (tertiary/aromatic N) is 1. The van der Waals surface area contributed by atoms with Crippen molar-refractivity contribution >= 4 is 28.2 Å². The summed E-state index contributed by atoms with van der Waals surface area (Å²) in [7, 11) is 0. The molecule has 1 fully saturated rings. The van der Waals surface area contributed by atoms with Crippen LogP contribution in [0.15, 0.2) is 0 Å². The number of thiophene rings is 1. The largest absolute Gasteiger partial charge is 0.459 e. The highest BCUT2D eigenvalue weighted by atomic mass is 32.1. The van der Waals surface area contributed by atoms with Crippen LogP contribution in [0.5, 0.6) is 0 Å². The predicted octanol–water partition coefficient (Wildman–Crippen LogP) is 5.33. The van der Waals surface area contributed by atoms with E-state index < -0.39 is 68.7 Å². The molecule has 0 unspecified atom stereocenters. The van der Waals surface area contributed by atoms with Crippen LogP contribution in [0.1, 0.15) is 34.6 Å². The van der Waals surface area contributed by atoms with Crippen molar-refractivity contribution in [3.05, 3.63) is 16.0 Å². The molecule has 34 heavy (non-hydrogen) atoms. The zero-order chi connectivity index (χ0) is 26.9. The van der Waals surface area contributed by atoms with E-state index in [4.69, 9.17) is 10.00 Å². The number of esters is 1. The Kier molecular flexibility index (Phi) is 6.24. The molecule has 0 atom stereocenters. The number of carbonyl (C=O) groups excluding carboxylic acids is 2. The molecular weight excluding hydrogens is 521 g/mol. The van der Waals surface area contributed by atoms with Gasteiger partial charge in [-0.2, -0.15) is 49.2 Å². The minimum atomic E-state index is -7.48. The third-order valence-corrected chi connectivity index (χ3v) is 5.96. The monoisotopic (exact) mass is 532 g/mol. The minimum Gasteiger partial charge on any atom is -0.459 e. The summed E-state index contributed by atoms with van der Waals surface area (Å²) < 4.78 is 157. The van der Waals surface area contributed by atoms with Crippen LogP contribution in [-0.2, 0) is 9.53 Å². The summed E-state index contributed by atoms with van der Waals surface area (Å²) in [4.78, 5) is 23.5. The second-order valence-corrected chi connectivity index (χ2v) is 8.33. The van der Waals surface area contributed by atoms with Crippen LogP contribution in [0.3, 0.4) is 0 Å². The lowest BCUT2D eigenvalue weighted by Gasteiger charge is -2.51. The van der Waals surface area contributed by atoms with E-state index in [1.54, 1.807) is 0 Å². The molecule has 17 heteroatoms. The lowest BCUT2D eigenvalue weighted by molar-refractivity contribution is -0.475. The average Bonchev–Trinajstić information content (AvgIpc) is 3.00. The second-order valence-electron chi connectivity index (χ2n) is 7.31. The summed E-state index contributed by atoms with van der Waals surface area (Å²) in [5.74, 6) is -41.9. The van der Waals surface area contributed by atoms with E-state index in [0.29, 0.717) is 0 Å². The molecule has 5 nitrogen and oxygen atoms in total. The molecule has 1 N–H and O–H groups in total. The van der Waals surface area contributed by atoms with Crippen molar-refractivity contribution in [3.8, 4) is 6.07 Å². The number of anilines is 1. The fourth-order valence-electron chi connectivity index (χ4n) is 2.89. The van der Waals surface area contributed by atoms with E-state index in [9.17, 15) is 57.9 Å². The maximum atomic E-state index is 14.8. The fourth-order valence-corrected chi connectivity index (χ4v) is 3.93. The SMILES string of the molecule is Cc1c(C(=O)OC(C)C)sc(NC(=O)C2(F)C(F)(F)C(F)(F)C(F)(F)C(F)(F)C2(F)F)c1C#N. The Bertz CT molecular complexity index is 1050. The smallest absolute Gasteiger partial charge is 0.384 e. The van der Waals surface area contributed by atoms with Crippen LogP contribution < -0.4 is 5.32 Å². The van der Waals surface area contributed by atoms with Crippen molar-refractivity contribution in [1.82, 2.24) is 0 Å². The first kappa shape index (κ1) is 27.6. The number of hydrogen-bond acceptors (Lipinski definition) is 5. The number of halogens is 11. The van der Waals surface area contributed by atoms with Crippen LogP contribution in [0.25, 0.3) is 0 Å². The Morgan fingerprint density at radius 3 is 1.68 bits per heavy atom. The number of nitrogens with one attached hydrogen (secondary N) is 1. The number of amides is 1. The van der Waals surface area contributed by atoms with Crippen LogP contribution in [0.4, 0.5) is 53.3 Å². The van der Waals surface area contributed by atoms with Crippen LogP contribution >= 0.6 is 11.3 Å². The Labute approximate surface area is 186 Å². The molecule has 0 radical (unpaired) electrons. The zero-order valence-electron chi connectivity index (χ0n) is 16.8. The summed E-state index contributed by atoms with van der Waals surface area (Å²) in [5.41, 5.74) is -8.16. The third-order valence-electron chi connectivity index (χ3n) is 4.77. The minimum absolute atomic E-state index is 0.0569. The summed E-state index contributed by atoms with van der Waals surface area (Å²) in [6.45, 7) is 3.73. The first-order chi connectivity index (χ1) is 15.1. The predicted molar refractivity (Wildman–Crippen MR) is 91.5 cm³/mol. The van der Waals surface area contributed by atoms with Gasteiger partial charge in [-0.15, -0.1) is 11.3 Å². The van der Waals surface area contributed by atoms with Gasteiger partial charge in [-0.25, -0.2) is 9.18 Å². The zero-order valence-corrected chi connectivity index (χ0v) is 17.6. The molecule has 1 aliphatic carbocycles. The van der Waals surface area contributed by atoms with Gasteiger partial charge >= 0.3 is 41.3 Å². The van der Waals surface area contributed by atoms with Crippen molar-refractivity contribution in [2.75, 3.05) is 5.32 Å². The van der Waals surface area contributed by atoms with Gasteiger partial charge in [-0.1, -0.05) is 0 Å². The van der Waals surface area contributed by atoms with Crippen LogP contribution in [-0.4, -0.2) is 53.3 Å². The number of hydrogen-bond donors (Lipinski definition) is 1. The number of ether oxygens (including phenoxy) is 1. The van der Waals surface area contributed by atoms with Crippen molar-refractivity contribution in [2.45, 2.75) is 62.2 Å². The van der Waals surface area contributed by atoms with E-state index in [2.05, 4.69) is 0 Å². The maximum Gasteiger partial charge on any atom is 0.384 e. The number of rotatable bonds is 4. The topological polar surface area (TPSA) is 79.2 Å². The van der Waals surface area contributed by atoms with Gasteiger partial charge < -0.3 is 10.1 Å². The van der Waals surface area contributed by atoms with E-state index >= 15 is 0 Å². The molecular formula is C17H11F11N2O3S. The maximum absolute atomic E-state index is 14.8. The fraction of sp³-hybridized carbons (Fsp3) is 0.588. The van der Waals surface area contributed by atoms with Crippen LogP contribution in [0.2, 0.25) is 0 Å². The lowest BCUT2D eigenvalue weighted by atomic mass is 9.71. The molecule has 0 aromatic carbocycles.